The van der Waals surface area contributed by atoms with Gasteiger partial charge in [-0.1, -0.05) is 11.3 Å². The molecule has 0 aromatic carbocycles. The van der Waals surface area contributed by atoms with Gasteiger partial charge in [0, 0.05) is 12.4 Å². The minimum atomic E-state index is -0.0113. The average Bonchev–Trinajstić information content (AvgIpc) is 3.02. The molecule has 0 saturated heterocycles. The molecule has 0 fully saturated rings. The van der Waals surface area contributed by atoms with Gasteiger partial charge in [0.15, 0.2) is 5.82 Å². The first-order valence-corrected chi connectivity index (χ1v) is 6.54. The maximum absolute atomic E-state index is 6.04. The summed E-state index contributed by atoms with van der Waals surface area (Å²) in [5, 5.41) is 11.1. The molecule has 21 heavy (non-hydrogen) atoms. The molecule has 0 bridgehead atoms. The van der Waals surface area contributed by atoms with Crippen LogP contribution in [0.15, 0.2) is 49.1 Å². The molecule has 3 aromatic heterocycles. The van der Waals surface area contributed by atoms with E-state index in [1.807, 2.05) is 25.1 Å². The maximum Gasteiger partial charge on any atom is 0.154 e. The van der Waals surface area contributed by atoms with Crippen molar-refractivity contribution in [1.82, 2.24) is 25.0 Å². The zero-order valence-electron chi connectivity index (χ0n) is 11.5. The van der Waals surface area contributed by atoms with Crippen LogP contribution in [-0.2, 0) is 0 Å². The molecule has 106 valence electrons. The lowest BCUT2D eigenvalue weighted by Gasteiger charge is -2.17. The highest BCUT2D eigenvalue weighted by molar-refractivity contribution is 5.69. The number of nitrogens with two attached hydrogens (primary N) is 1. The van der Waals surface area contributed by atoms with Gasteiger partial charge in [-0.05, 0) is 25.1 Å². The lowest BCUT2D eigenvalue weighted by molar-refractivity contribution is 0.788. The second-order valence-corrected chi connectivity index (χ2v) is 4.57. The van der Waals surface area contributed by atoms with Crippen molar-refractivity contribution in [2.24, 2.45) is 0 Å². The predicted molar refractivity (Wildman–Crippen MR) is 79.8 cm³/mol. The van der Waals surface area contributed by atoms with Gasteiger partial charge in [-0.25, -0.2) is 9.67 Å². The molecule has 1 atom stereocenters. The smallest absolute Gasteiger partial charge is 0.154 e. The van der Waals surface area contributed by atoms with Gasteiger partial charge in [0.1, 0.15) is 5.69 Å². The fourth-order valence-corrected chi connectivity index (χ4v) is 2.05. The van der Waals surface area contributed by atoms with Crippen LogP contribution >= 0.6 is 0 Å². The Hall–Kier alpha value is -2.96. The molecule has 3 aromatic rings. The highest BCUT2D eigenvalue weighted by Crippen LogP contribution is 2.26. The molecule has 0 unspecified atom stereocenters. The number of rotatable bonds is 4. The Morgan fingerprint density at radius 1 is 1.14 bits per heavy atom. The minimum Gasteiger partial charge on any atom is -0.397 e. The van der Waals surface area contributed by atoms with E-state index >= 15 is 0 Å². The summed E-state index contributed by atoms with van der Waals surface area (Å²) in [7, 11) is 0. The van der Waals surface area contributed by atoms with Crippen LogP contribution in [0.4, 0.5) is 11.5 Å². The third-order valence-corrected chi connectivity index (χ3v) is 3.09. The van der Waals surface area contributed by atoms with Gasteiger partial charge < -0.3 is 11.1 Å². The number of hydrogen-bond acceptors (Lipinski definition) is 6. The number of nitrogen functional groups attached to an aromatic ring is 1. The Morgan fingerprint density at radius 2 is 2.05 bits per heavy atom. The lowest BCUT2D eigenvalue weighted by atomic mass is 10.2. The zero-order chi connectivity index (χ0) is 14.7. The summed E-state index contributed by atoms with van der Waals surface area (Å²) in [5.41, 5.74) is 8.22. The first-order chi connectivity index (χ1) is 10.3. The van der Waals surface area contributed by atoms with Crippen LogP contribution in [0.25, 0.3) is 5.69 Å². The number of aromatic nitrogens is 5. The lowest BCUT2D eigenvalue weighted by Crippen LogP contribution is -2.13. The van der Waals surface area contributed by atoms with Crippen LogP contribution in [0.2, 0.25) is 0 Å². The van der Waals surface area contributed by atoms with E-state index in [0.29, 0.717) is 17.2 Å². The van der Waals surface area contributed by atoms with Crippen LogP contribution in [0.1, 0.15) is 18.7 Å². The number of hydrogen-bond donors (Lipinski definition) is 2. The van der Waals surface area contributed by atoms with E-state index in [4.69, 9.17) is 5.73 Å². The molecular formula is C14H15N7. The van der Waals surface area contributed by atoms with Crippen LogP contribution in [0, 0.1) is 0 Å². The maximum atomic E-state index is 6.04. The van der Waals surface area contributed by atoms with Gasteiger partial charge in [0.2, 0.25) is 0 Å². The van der Waals surface area contributed by atoms with Crippen LogP contribution in [0.5, 0.6) is 0 Å². The SMILES string of the molecule is C[C@@H](Nc1nccc(N)c1-n1ccnn1)c1ccccn1. The van der Waals surface area contributed by atoms with Crippen molar-refractivity contribution in [2.45, 2.75) is 13.0 Å². The van der Waals surface area contributed by atoms with Crippen LogP contribution < -0.4 is 11.1 Å². The Balaban J connectivity index is 1.95. The van der Waals surface area contributed by atoms with Crippen molar-refractivity contribution in [3.63, 3.8) is 0 Å². The van der Waals surface area contributed by atoms with Gasteiger partial charge >= 0.3 is 0 Å². The van der Waals surface area contributed by atoms with Crippen LogP contribution in [0.3, 0.4) is 0 Å². The van der Waals surface area contributed by atoms with Gasteiger partial charge in [0.25, 0.3) is 0 Å². The third-order valence-electron chi connectivity index (χ3n) is 3.09. The first kappa shape index (κ1) is 13.0. The highest BCUT2D eigenvalue weighted by Gasteiger charge is 2.14. The molecule has 0 aliphatic rings. The summed E-state index contributed by atoms with van der Waals surface area (Å²) in [5.74, 6) is 0.638. The predicted octanol–water partition coefficient (Wildman–Crippen LogP) is 1.81. The van der Waals surface area contributed by atoms with Crippen molar-refractivity contribution in [2.75, 3.05) is 11.1 Å². The first-order valence-electron chi connectivity index (χ1n) is 6.54. The van der Waals surface area contributed by atoms with E-state index in [2.05, 4.69) is 25.6 Å². The number of pyridine rings is 2. The van der Waals surface area contributed by atoms with Crippen molar-refractivity contribution < 1.29 is 0 Å². The number of nitrogens with one attached hydrogen (secondary N) is 1. The summed E-state index contributed by atoms with van der Waals surface area (Å²) in [6.45, 7) is 2.01. The van der Waals surface area contributed by atoms with Crippen molar-refractivity contribution >= 4 is 11.5 Å². The summed E-state index contributed by atoms with van der Waals surface area (Å²) < 4.78 is 1.59. The van der Waals surface area contributed by atoms with E-state index < -0.39 is 0 Å². The third kappa shape index (κ3) is 2.66. The molecular weight excluding hydrogens is 266 g/mol. The fourth-order valence-electron chi connectivity index (χ4n) is 2.05. The molecule has 7 nitrogen and oxygen atoms in total. The monoisotopic (exact) mass is 281 g/mol. The minimum absolute atomic E-state index is 0.0113. The second kappa shape index (κ2) is 5.58. The molecule has 7 heteroatoms. The Kier molecular flexibility index (Phi) is 3.46. The molecule has 0 amide bonds. The van der Waals surface area contributed by atoms with Gasteiger partial charge in [0.05, 0.1) is 29.8 Å². The topological polar surface area (TPSA) is 94.5 Å². The van der Waals surface area contributed by atoms with Crippen molar-refractivity contribution in [1.29, 1.82) is 0 Å². The van der Waals surface area contributed by atoms with E-state index in [-0.39, 0.29) is 6.04 Å². The molecule has 3 N–H and O–H groups in total. The normalized spacial score (nSPS) is 12.0. The van der Waals surface area contributed by atoms with E-state index in [0.717, 1.165) is 5.69 Å². The molecule has 0 aliphatic carbocycles. The van der Waals surface area contributed by atoms with Crippen molar-refractivity contribution in [3.8, 4) is 5.69 Å². The molecule has 0 saturated carbocycles. The van der Waals surface area contributed by atoms with Gasteiger partial charge in [-0.3, -0.25) is 4.98 Å². The molecule has 3 rings (SSSR count). The van der Waals surface area contributed by atoms with Crippen molar-refractivity contribution in [3.05, 3.63) is 54.7 Å². The van der Waals surface area contributed by atoms with E-state index in [9.17, 15) is 0 Å². The number of nitrogens with zero attached hydrogens (tertiary/aromatic N) is 5. The summed E-state index contributed by atoms with van der Waals surface area (Å²) >= 11 is 0. The average molecular weight is 281 g/mol. The fraction of sp³-hybridized carbons (Fsp3) is 0.143. The highest BCUT2D eigenvalue weighted by atomic mass is 15.4. The van der Waals surface area contributed by atoms with Crippen LogP contribution in [-0.4, -0.2) is 25.0 Å². The summed E-state index contributed by atoms with van der Waals surface area (Å²) in [6.07, 6.45) is 6.74. The largest absolute Gasteiger partial charge is 0.397 e. The molecule has 0 radical (unpaired) electrons. The van der Waals surface area contributed by atoms with Gasteiger partial charge in [-0.15, -0.1) is 5.10 Å². The Morgan fingerprint density at radius 3 is 2.76 bits per heavy atom. The standard InChI is InChI=1S/C14H15N7/c1-10(12-4-2-3-6-16-12)19-14-13(11(15)5-7-17-14)21-9-8-18-20-21/h2-10H,1H3,(H3,15,17,19)/t10-/m1/s1. The van der Waals surface area contributed by atoms with E-state index in [1.165, 1.54) is 0 Å². The molecule has 3 heterocycles. The summed E-state index contributed by atoms with van der Waals surface area (Å²) in [4.78, 5) is 8.69. The van der Waals surface area contributed by atoms with E-state index in [1.54, 1.807) is 35.5 Å². The zero-order valence-corrected chi connectivity index (χ0v) is 11.5. The van der Waals surface area contributed by atoms with Gasteiger partial charge in [-0.2, -0.15) is 0 Å². The quantitative estimate of drug-likeness (QED) is 0.757. The molecule has 0 aliphatic heterocycles. The Bertz CT molecular complexity index is 709. The molecule has 0 spiro atoms. The number of anilines is 2. The Labute approximate surface area is 121 Å². The summed E-state index contributed by atoms with van der Waals surface area (Å²) in [6, 6.07) is 7.51. The second-order valence-electron chi connectivity index (χ2n) is 4.57.